The van der Waals surface area contributed by atoms with Crippen molar-refractivity contribution < 1.29 is 59.1 Å². The molecule has 2 bridgehead atoms. The summed E-state index contributed by atoms with van der Waals surface area (Å²) in [7, 11) is 0. The minimum Gasteiger partial charge on any atom is -0.455 e. The molecule has 53 heavy (non-hydrogen) atoms. The molecule has 0 radical (unpaired) electrons. The number of hydrogen-bond acceptors (Lipinski definition) is 12. The minimum absolute atomic E-state index is 0.0909. The summed E-state index contributed by atoms with van der Waals surface area (Å²) in [6.07, 6.45) is -0.901. The van der Waals surface area contributed by atoms with E-state index in [1.807, 2.05) is 13.8 Å². The molecule has 4 saturated heterocycles. The van der Waals surface area contributed by atoms with E-state index in [9.17, 15) is 35.4 Å². The van der Waals surface area contributed by atoms with Crippen molar-refractivity contribution in [1.82, 2.24) is 0 Å². The number of allylic oxidation sites excluding steroid dienone is 3. The fourth-order valence-electron chi connectivity index (χ4n) is 13.2. The van der Waals surface area contributed by atoms with Crippen LogP contribution in [-0.2, 0) is 28.5 Å². The van der Waals surface area contributed by atoms with Crippen LogP contribution in [0.25, 0.3) is 0 Å². The topological polar surface area (TPSA) is 185 Å². The summed E-state index contributed by atoms with van der Waals surface area (Å²) in [5.41, 5.74) is -1.74. The van der Waals surface area contributed by atoms with Crippen LogP contribution in [0, 0.1) is 38.9 Å². The van der Waals surface area contributed by atoms with Crippen molar-refractivity contribution in [3.8, 4) is 0 Å². The van der Waals surface area contributed by atoms with Crippen LogP contribution in [0.2, 0.25) is 0 Å². The van der Waals surface area contributed by atoms with Gasteiger partial charge >= 0.3 is 5.97 Å². The van der Waals surface area contributed by atoms with Crippen LogP contribution in [0.1, 0.15) is 107 Å². The number of fused-ring (bicyclic) bond motifs is 7. The molecule has 6 N–H and O–H groups in total. The average molecular weight is 747 g/mol. The predicted molar refractivity (Wildman–Crippen MR) is 190 cm³/mol. The van der Waals surface area contributed by atoms with Crippen molar-refractivity contribution in [2.24, 2.45) is 38.9 Å². The molecule has 7 fully saturated rings. The molecule has 12 heteroatoms. The highest BCUT2D eigenvalue weighted by Crippen LogP contribution is 2.75. The third-order valence-electron chi connectivity index (χ3n) is 17.0. The molecule has 1 unspecified atom stereocenters. The Morgan fingerprint density at radius 1 is 0.792 bits per heavy atom. The Kier molecular flexibility index (Phi) is 8.73. The summed E-state index contributed by atoms with van der Waals surface area (Å²) in [6, 6.07) is 0. The van der Waals surface area contributed by atoms with Gasteiger partial charge < -0.3 is 54.3 Å². The molecule has 0 aromatic heterocycles. The lowest BCUT2D eigenvalue weighted by atomic mass is 9.35. The second-order valence-electron chi connectivity index (χ2n) is 19.8. The van der Waals surface area contributed by atoms with Gasteiger partial charge in [0.1, 0.15) is 47.8 Å². The third kappa shape index (κ3) is 4.92. The highest BCUT2D eigenvalue weighted by Gasteiger charge is 2.73. The van der Waals surface area contributed by atoms with Crippen LogP contribution in [0.15, 0.2) is 23.3 Å². The molecule has 1 spiro atoms. The second kappa shape index (κ2) is 12.0. The lowest BCUT2D eigenvalue weighted by molar-refractivity contribution is -0.364. The smallest absolute Gasteiger partial charge is 0.317 e. The second-order valence-corrected chi connectivity index (χ2v) is 19.8. The van der Waals surface area contributed by atoms with E-state index in [2.05, 4.69) is 46.8 Å². The first kappa shape index (κ1) is 38.4. The number of rotatable bonds is 4. The van der Waals surface area contributed by atoms with Crippen molar-refractivity contribution in [3.63, 3.8) is 0 Å². The van der Waals surface area contributed by atoms with Crippen molar-refractivity contribution in [2.45, 2.75) is 179 Å². The Bertz CT molecular complexity index is 1570. The maximum atomic E-state index is 13.7. The lowest BCUT2D eigenvalue weighted by Crippen LogP contribution is -2.71. The van der Waals surface area contributed by atoms with E-state index in [4.69, 9.17) is 23.7 Å². The van der Waals surface area contributed by atoms with Crippen LogP contribution < -0.4 is 0 Å². The molecule has 5 aliphatic carbocycles. The highest BCUT2D eigenvalue weighted by molar-refractivity contribution is 5.86. The van der Waals surface area contributed by atoms with Gasteiger partial charge in [-0.05, 0) is 117 Å². The molecule has 18 atom stereocenters. The van der Waals surface area contributed by atoms with E-state index in [1.165, 1.54) is 0 Å². The largest absolute Gasteiger partial charge is 0.455 e. The normalized spacial score (nSPS) is 57.2. The molecule has 9 rings (SSSR count). The van der Waals surface area contributed by atoms with Crippen molar-refractivity contribution in [1.29, 1.82) is 0 Å². The van der Waals surface area contributed by atoms with Crippen molar-refractivity contribution >= 4 is 5.97 Å². The maximum absolute atomic E-state index is 13.7. The van der Waals surface area contributed by atoms with Gasteiger partial charge in [-0.25, -0.2) is 0 Å². The SMILES string of the molecule is C[C@@H]1O[C@@H](O[C@H]2[C@@H](O[C@H]3CC[C@]4(C)[C@H]5C=CC6=C7C8(CC[C@](C)(OC8=O)[C@@]7(C)O)CC[C@@]6(C)[C@]5(C)CC[C@H]4C3(C)C)OC[C@H](O)[C@@H]2O)[C@H](O)[C@H](O)[C@H]1O. The Balaban J connectivity index is 1.08. The van der Waals surface area contributed by atoms with Gasteiger partial charge in [-0.1, -0.05) is 46.8 Å². The van der Waals surface area contributed by atoms with Gasteiger partial charge in [-0.3, -0.25) is 4.79 Å². The van der Waals surface area contributed by atoms with E-state index in [0.717, 1.165) is 36.8 Å². The Labute approximate surface area is 312 Å². The summed E-state index contributed by atoms with van der Waals surface area (Å²) in [5.74, 6) is 0.313. The predicted octanol–water partition coefficient (Wildman–Crippen LogP) is 3.03. The van der Waals surface area contributed by atoms with E-state index in [-0.39, 0.29) is 52.2 Å². The van der Waals surface area contributed by atoms with Gasteiger partial charge in [0.25, 0.3) is 0 Å². The number of carbonyl (C=O) groups is 1. The van der Waals surface area contributed by atoms with Gasteiger partial charge in [0.15, 0.2) is 12.6 Å². The van der Waals surface area contributed by atoms with E-state index in [0.29, 0.717) is 25.7 Å². The standard InChI is InChI=1S/C41H62O12/c1-20-26(43)28(45)29(46)32(50-20)52-30-27(44)22(42)19-49-33(30)51-25-12-13-36(4)23(35(25,2)3)11-14-38(6)24(36)10-9-21-31-40(8,48)39(7)16-18-41(31,34(47)53-39)17-15-37(21,38)5/h9-10,20,22-30,32-33,42-46,48H,11-19H2,1-8H3/t20-,22-,23-,24+,25-,26-,27-,28+,29+,30+,32-,33+,36-,37+,38+,39-,40-,41?/m0/s1. The van der Waals surface area contributed by atoms with Crippen molar-refractivity contribution in [3.05, 3.63) is 23.3 Å². The van der Waals surface area contributed by atoms with Gasteiger partial charge in [-0.15, -0.1) is 0 Å². The first-order chi connectivity index (χ1) is 24.6. The zero-order chi connectivity index (χ0) is 38.5. The van der Waals surface area contributed by atoms with Gasteiger partial charge in [0.05, 0.1) is 24.2 Å². The van der Waals surface area contributed by atoms with Crippen LogP contribution >= 0.6 is 0 Å². The van der Waals surface area contributed by atoms with E-state index < -0.39 is 71.9 Å². The fraction of sp³-hybridized carbons (Fsp3) is 0.878. The molecular weight excluding hydrogens is 684 g/mol. The van der Waals surface area contributed by atoms with E-state index in [1.54, 1.807) is 6.92 Å². The number of aliphatic hydroxyl groups is 6. The monoisotopic (exact) mass is 746 g/mol. The lowest BCUT2D eigenvalue weighted by Gasteiger charge is -2.71. The summed E-state index contributed by atoms with van der Waals surface area (Å²) >= 11 is 0. The average Bonchev–Trinajstić information content (AvgIpc) is 3.08. The molecule has 4 aliphatic heterocycles. The molecule has 298 valence electrons. The number of hydrogen-bond donors (Lipinski definition) is 6. The van der Waals surface area contributed by atoms with Crippen LogP contribution in [-0.4, -0.2) is 116 Å². The number of ether oxygens (including phenoxy) is 5. The Morgan fingerprint density at radius 3 is 2.19 bits per heavy atom. The number of aliphatic hydroxyl groups excluding tert-OH is 5. The first-order valence-corrected chi connectivity index (χ1v) is 20.0. The van der Waals surface area contributed by atoms with Crippen LogP contribution in [0.4, 0.5) is 0 Å². The Hall–Kier alpha value is -1.45. The quantitative estimate of drug-likeness (QED) is 0.183. The molecule has 4 heterocycles. The highest BCUT2D eigenvalue weighted by atomic mass is 16.8. The molecule has 0 amide bonds. The van der Waals surface area contributed by atoms with Crippen LogP contribution in [0.3, 0.4) is 0 Å². The van der Waals surface area contributed by atoms with Gasteiger partial charge in [0, 0.05) is 0 Å². The van der Waals surface area contributed by atoms with Gasteiger partial charge in [0.2, 0.25) is 0 Å². The fourth-order valence-corrected chi connectivity index (χ4v) is 13.2. The molecule has 9 aliphatic rings. The first-order valence-electron chi connectivity index (χ1n) is 20.0. The summed E-state index contributed by atoms with van der Waals surface area (Å²) in [4.78, 5) is 13.7. The molecular formula is C41H62O12. The van der Waals surface area contributed by atoms with E-state index >= 15 is 0 Å². The zero-order valence-corrected chi connectivity index (χ0v) is 32.6. The molecule has 0 aromatic carbocycles. The molecule has 12 nitrogen and oxygen atoms in total. The Morgan fingerprint density at radius 2 is 1.49 bits per heavy atom. The molecule has 3 saturated carbocycles. The zero-order valence-electron chi connectivity index (χ0n) is 32.6. The third-order valence-corrected chi connectivity index (χ3v) is 17.0. The summed E-state index contributed by atoms with van der Waals surface area (Å²) in [6.45, 7) is 16.9. The summed E-state index contributed by atoms with van der Waals surface area (Å²) < 4.78 is 30.4. The van der Waals surface area contributed by atoms with Gasteiger partial charge in [-0.2, -0.15) is 0 Å². The van der Waals surface area contributed by atoms with Crippen LogP contribution in [0.5, 0.6) is 0 Å². The minimum atomic E-state index is -1.59. The number of carbonyl (C=O) groups excluding carboxylic acids is 1. The van der Waals surface area contributed by atoms with Crippen molar-refractivity contribution in [2.75, 3.05) is 6.61 Å². The summed E-state index contributed by atoms with van der Waals surface area (Å²) in [5, 5.41) is 65.1. The number of esters is 1. The molecule has 0 aromatic rings. The maximum Gasteiger partial charge on any atom is 0.317 e.